The first kappa shape index (κ1) is 12.9. The van der Waals surface area contributed by atoms with Crippen LogP contribution in [0.2, 0.25) is 0 Å². The predicted molar refractivity (Wildman–Crippen MR) is 70.6 cm³/mol. The molecule has 0 aromatic carbocycles. The smallest absolute Gasteiger partial charge is 0.316 e. The maximum Gasteiger partial charge on any atom is 0.316 e. The van der Waals surface area contributed by atoms with Crippen LogP contribution >= 0.6 is 11.3 Å². The molecule has 6 heteroatoms. The zero-order valence-corrected chi connectivity index (χ0v) is 11.3. The van der Waals surface area contributed by atoms with Crippen LogP contribution in [-0.2, 0) is 19.5 Å². The number of hydrogen-bond acceptors (Lipinski definition) is 6. The molecule has 0 saturated heterocycles. The van der Waals surface area contributed by atoms with Crippen molar-refractivity contribution in [3.8, 4) is 6.01 Å². The van der Waals surface area contributed by atoms with Crippen LogP contribution in [0.15, 0.2) is 17.8 Å². The number of rotatable bonds is 6. The fraction of sp³-hybridized carbons (Fsp3) is 0.417. The van der Waals surface area contributed by atoms with Gasteiger partial charge in [0.2, 0.25) is 0 Å². The molecule has 2 aromatic rings. The molecule has 0 atom stereocenters. The second-order valence-corrected chi connectivity index (χ2v) is 4.71. The molecule has 5 nitrogen and oxygen atoms in total. The molecule has 0 spiro atoms. The molecular weight excluding hydrogens is 248 g/mol. The molecule has 0 fully saturated rings. The topological polar surface area (TPSA) is 59.9 Å². The molecule has 0 aliphatic rings. The van der Waals surface area contributed by atoms with Gasteiger partial charge in [-0.05, 0) is 6.42 Å². The van der Waals surface area contributed by atoms with Crippen molar-refractivity contribution in [3.63, 3.8) is 0 Å². The Kier molecular flexibility index (Phi) is 4.60. The quantitative estimate of drug-likeness (QED) is 0.862. The van der Waals surface area contributed by atoms with Crippen molar-refractivity contribution < 1.29 is 4.74 Å². The van der Waals surface area contributed by atoms with E-state index >= 15 is 0 Å². The highest BCUT2D eigenvalue weighted by molar-refractivity contribution is 7.09. The van der Waals surface area contributed by atoms with Gasteiger partial charge in [-0.1, -0.05) is 6.92 Å². The average molecular weight is 264 g/mol. The maximum absolute atomic E-state index is 4.91. The van der Waals surface area contributed by atoms with Crippen molar-refractivity contribution in [2.75, 3.05) is 7.11 Å². The van der Waals surface area contributed by atoms with E-state index in [1.54, 1.807) is 30.8 Å². The van der Waals surface area contributed by atoms with E-state index in [4.69, 9.17) is 4.74 Å². The molecule has 0 aliphatic heterocycles. The van der Waals surface area contributed by atoms with E-state index in [-0.39, 0.29) is 0 Å². The van der Waals surface area contributed by atoms with Crippen LogP contribution in [0.3, 0.4) is 0 Å². The average Bonchev–Trinajstić information content (AvgIpc) is 2.87. The third kappa shape index (κ3) is 3.48. The summed E-state index contributed by atoms with van der Waals surface area (Å²) in [5, 5.41) is 6.59. The summed E-state index contributed by atoms with van der Waals surface area (Å²) in [6.45, 7) is 3.61. The summed E-state index contributed by atoms with van der Waals surface area (Å²) in [7, 11) is 1.56. The van der Waals surface area contributed by atoms with Crippen LogP contribution in [0.4, 0.5) is 0 Å². The highest BCUT2D eigenvalue weighted by Gasteiger charge is 2.01. The SMILES string of the molecule is CCc1nc(CNCc2cnc(OC)nc2)cs1. The number of nitrogens with zero attached hydrogens (tertiary/aromatic N) is 3. The van der Waals surface area contributed by atoms with E-state index in [0.29, 0.717) is 6.01 Å². The van der Waals surface area contributed by atoms with Crippen molar-refractivity contribution in [3.05, 3.63) is 34.0 Å². The summed E-state index contributed by atoms with van der Waals surface area (Å²) in [6, 6.07) is 0.394. The Morgan fingerprint density at radius 3 is 2.67 bits per heavy atom. The van der Waals surface area contributed by atoms with Gasteiger partial charge in [0.1, 0.15) is 0 Å². The lowest BCUT2D eigenvalue weighted by molar-refractivity contribution is 0.379. The normalized spacial score (nSPS) is 10.6. The van der Waals surface area contributed by atoms with E-state index in [9.17, 15) is 0 Å². The molecule has 2 rings (SSSR count). The second-order valence-electron chi connectivity index (χ2n) is 3.77. The molecule has 0 unspecified atom stereocenters. The molecule has 0 saturated carbocycles. The van der Waals surface area contributed by atoms with Crippen LogP contribution in [0.1, 0.15) is 23.2 Å². The molecule has 0 aliphatic carbocycles. The lowest BCUT2D eigenvalue weighted by atomic mass is 10.3. The monoisotopic (exact) mass is 264 g/mol. The van der Waals surface area contributed by atoms with Crippen LogP contribution in [-0.4, -0.2) is 22.1 Å². The first-order valence-electron chi connectivity index (χ1n) is 5.80. The summed E-state index contributed by atoms with van der Waals surface area (Å²) in [5.41, 5.74) is 2.12. The number of thiazole rings is 1. The maximum atomic E-state index is 4.91. The van der Waals surface area contributed by atoms with Crippen LogP contribution < -0.4 is 10.1 Å². The lowest BCUT2D eigenvalue weighted by Gasteiger charge is -2.03. The standard InChI is InChI=1S/C12H16N4OS/c1-3-11-16-10(8-18-11)7-13-4-9-5-14-12(17-2)15-6-9/h5-6,8,13H,3-4,7H2,1-2H3. The number of nitrogens with one attached hydrogen (secondary N) is 1. The Labute approximate surface area is 110 Å². The molecule has 96 valence electrons. The van der Waals surface area contributed by atoms with Gasteiger partial charge in [-0.15, -0.1) is 11.3 Å². The number of hydrogen-bond donors (Lipinski definition) is 1. The summed E-state index contributed by atoms with van der Waals surface area (Å²) in [6.07, 6.45) is 4.52. The number of aryl methyl sites for hydroxylation is 1. The van der Waals surface area contributed by atoms with Gasteiger partial charge in [0.15, 0.2) is 0 Å². The zero-order chi connectivity index (χ0) is 12.8. The molecule has 1 N–H and O–H groups in total. The third-order valence-electron chi connectivity index (χ3n) is 2.40. The molecule has 0 bridgehead atoms. The van der Waals surface area contributed by atoms with Gasteiger partial charge in [0, 0.05) is 36.4 Å². The van der Waals surface area contributed by atoms with E-state index in [2.05, 4.69) is 32.6 Å². The van der Waals surface area contributed by atoms with Gasteiger partial charge in [-0.25, -0.2) is 15.0 Å². The minimum absolute atomic E-state index is 0.394. The minimum Gasteiger partial charge on any atom is -0.467 e. The number of aromatic nitrogens is 3. The van der Waals surface area contributed by atoms with Gasteiger partial charge >= 0.3 is 6.01 Å². The predicted octanol–water partition coefficient (Wildman–Crippen LogP) is 1.79. The van der Waals surface area contributed by atoms with E-state index < -0.39 is 0 Å². The van der Waals surface area contributed by atoms with Crippen LogP contribution in [0.25, 0.3) is 0 Å². The molecule has 2 aromatic heterocycles. The largest absolute Gasteiger partial charge is 0.467 e. The van der Waals surface area contributed by atoms with Crippen molar-refractivity contribution >= 4 is 11.3 Å². The highest BCUT2D eigenvalue weighted by atomic mass is 32.1. The molecule has 2 heterocycles. The van der Waals surface area contributed by atoms with Crippen LogP contribution in [0, 0.1) is 0 Å². The summed E-state index contributed by atoms with van der Waals surface area (Å²) in [5.74, 6) is 0. The van der Waals surface area contributed by atoms with Crippen molar-refractivity contribution in [1.82, 2.24) is 20.3 Å². The Morgan fingerprint density at radius 2 is 2.06 bits per heavy atom. The fourth-order valence-corrected chi connectivity index (χ4v) is 2.21. The molecular formula is C12H16N4OS. The van der Waals surface area contributed by atoms with E-state index in [0.717, 1.165) is 30.8 Å². The van der Waals surface area contributed by atoms with E-state index in [1.165, 1.54) is 5.01 Å². The molecule has 18 heavy (non-hydrogen) atoms. The van der Waals surface area contributed by atoms with Gasteiger partial charge in [-0.2, -0.15) is 0 Å². The Morgan fingerprint density at radius 1 is 1.28 bits per heavy atom. The summed E-state index contributed by atoms with van der Waals surface area (Å²) >= 11 is 1.71. The minimum atomic E-state index is 0.394. The summed E-state index contributed by atoms with van der Waals surface area (Å²) < 4.78 is 4.91. The Bertz CT molecular complexity index is 483. The lowest BCUT2D eigenvalue weighted by Crippen LogP contribution is -2.13. The van der Waals surface area contributed by atoms with E-state index in [1.807, 2.05) is 0 Å². The molecule has 0 amide bonds. The highest BCUT2D eigenvalue weighted by Crippen LogP contribution is 2.10. The molecule has 0 radical (unpaired) electrons. The van der Waals surface area contributed by atoms with Crippen molar-refractivity contribution in [1.29, 1.82) is 0 Å². The van der Waals surface area contributed by atoms with Crippen LogP contribution in [0.5, 0.6) is 6.01 Å². The van der Waals surface area contributed by atoms with Gasteiger partial charge in [0.05, 0.1) is 17.8 Å². The van der Waals surface area contributed by atoms with Crippen molar-refractivity contribution in [2.24, 2.45) is 0 Å². The third-order valence-corrected chi connectivity index (χ3v) is 3.44. The van der Waals surface area contributed by atoms with Gasteiger partial charge < -0.3 is 10.1 Å². The first-order valence-corrected chi connectivity index (χ1v) is 6.68. The number of methoxy groups -OCH3 is 1. The number of ether oxygens (including phenoxy) is 1. The van der Waals surface area contributed by atoms with Crippen molar-refractivity contribution in [2.45, 2.75) is 26.4 Å². The van der Waals surface area contributed by atoms with Gasteiger partial charge in [0.25, 0.3) is 0 Å². The summed E-state index contributed by atoms with van der Waals surface area (Å²) in [4.78, 5) is 12.6. The first-order chi connectivity index (χ1) is 8.81. The zero-order valence-electron chi connectivity index (χ0n) is 10.5. The Balaban J connectivity index is 1.80. The second kappa shape index (κ2) is 6.42. The van der Waals surface area contributed by atoms with Gasteiger partial charge in [-0.3, -0.25) is 0 Å². The fourth-order valence-electron chi connectivity index (χ4n) is 1.47. The Hall–Kier alpha value is -1.53.